The maximum absolute atomic E-state index is 12.0. The monoisotopic (exact) mass is 385 g/mol. The molecule has 0 bridgehead atoms. The quantitative estimate of drug-likeness (QED) is 0.298. The molecule has 0 aliphatic rings. The van der Waals surface area contributed by atoms with Gasteiger partial charge in [-0.3, -0.25) is 9.59 Å². The van der Waals surface area contributed by atoms with Crippen LogP contribution in [0.25, 0.3) is 0 Å². The summed E-state index contributed by atoms with van der Waals surface area (Å²) in [6.45, 7) is 2.23. The lowest BCUT2D eigenvalue weighted by molar-refractivity contribution is -0.146. The second kappa shape index (κ2) is 17.8. The fourth-order valence-corrected chi connectivity index (χ4v) is 2.97. The number of carbonyl (C=O) groups excluding carboxylic acids is 3. The highest BCUT2D eigenvalue weighted by Gasteiger charge is 2.22. The Hall–Kier alpha value is -1.59. The van der Waals surface area contributed by atoms with E-state index in [2.05, 4.69) is 21.7 Å². The number of rotatable bonds is 17. The number of amides is 1. The summed E-state index contributed by atoms with van der Waals surface area (Å²) in [4.78, 5) is 34.9. The van der Waals surface area contributed by atoms with Gasteiger partial charge in [0.25, 0.3) is 0 Å². The molecule has 0 saturated carbocycles. The van der Waals surface area contributed by atoms with Gasteiger partial charge in [0.2, 0.25) is 5.91 Å². The molecule has 0 radical (unpaired) electrons. The Balaban J connectivity index is 3.77. The van der Waals surface area contributed by atoms with Crippen LogP contribution in [-0.4, -0.2) is 38.1 Å². The molecule has 1 unspecified atom stereocenters. The number of methoxy groups -OCH3 is 2. The number of hydrogen-bond donors (Lipinski definition) is 1. The van der Waals surface area contributed by atoms with Crippen molar-refractivity contribution in [2.45, 2.75) is 103 Å². The van der Waals surface area contributed by atoms with Gasteiger partial charge in [0.15, 0.2) is 0 Å². The van der Waals surface area contributed by atoms with Crippen LogP contribution in [0, 0.1) is 0 Å². The highest BCUT2D eigenvalue weighted by Crippen LogP contribution is 2.12. The van der Waals surface area contributed by atoms with Crippen LogP contribution < -0.4 is 5.32 Å². The molecule has 6 nitrogen and oxygen atoms in total. The standard InChI is InChI=1S/C21H39NO5/c1-4-5-6-7-8-9-10-11-12-13-14-15-19(23)22-18(21(25)27-3)16-17-20(24)26-2/h18H,4-17H2,1-3H3,(H,22,23). The van der Waals surface area contributed by atoms with Crippen LogP contribution in [0.5, 0.6) is 0 Å². The molecule has 6 heteroatoms. The zero-order valence-corrected chi connectivity index (χ0v) is 17.5. The van der Waals surface area contributed by atoms with Crippen molar-refractivity contribution in [2.75, 3.05) is 14.2 Å². The number of hydrogen-bond acceptors (Lipinski definition) is 5. The highest BCUT2D eigenvalue weighted by atomic mass is 16.5. The molecule has 0 saturated heterocycles. The number of ether oxygens (including phenoxy) is 2. The van der Waals surface area contributed by atoms with Crippen molar-refractivity contribution in [1.82, 2.24) is 5.32 Å². The largest absolute Gasteiger partial charge is 0.469 e. The van der Waals surface area contributed by atoms with E-state index in [0.29, 0.717) is 6.42 Å². The predicted molar refractivity (Wildman–Crippen MR) is 106 cm³/mol. The van der Waals surface area contributed by atoms with Crippen LogP contribution in [0.1, 0.15) is 96.8 Å². The van der Waals surface area contributed by atoms with E-state index in [0.717, 1.165) is 19.3 Å². The second-order valence-electron chi connectivity index (χ2n) is 7.04. The molecule has 1 atom stereocenters. The maximum Gasteiger partial charge on any atom is 0.328 e. The predicted octanol–water partition coefficient (Wildman–Crippen LogP) is 4.30. The van der Waals surface area contributed by atoms with Crippen LogP contribution in [-0.2, 0) is 23.9 Å². The third-order valence-corrected chi connectivity index (χ3v) is 4.69. The fourth-order valence-electron chi connectivity index (χ4n) is 2.97. The molecule has 0 aliphatic carbocycles. The molecule has 0 aliphatic heterocycles. The van der Waals surface area contributed by atoms with E-state index in [1.165, 1.54) is 65.6 Å². The number of esters is 2. The topological polar surface area (TPSA) is 81.7 Å². The Morgan fingerprint density at radius 3 is 1.74 bits per heavy atom. The molecule has 158 valence electrons. The van der Waals surface area contributed by atoms with Crippen molar-refractivity contribution in [3.05, 3.63) is 0 Å². The summed E-state index contributed by atoms with van der Waals surface area (Å²) in [5, 5.41) is 2.66. The van der Waals surface area contributed by atoms with E-state index in [-0.39, 0.29) is 18.7 Å². The Morgan fingerprint density at radius 1 is 0.741 bits per heavy atom. The van der Waals surface area contributed by atoms with E-state index in [9.17, 15) is 14.4 Å². The number of unbranched alkanes of at least 4 members (excludes halogenated alkanes) is 10. The number of carbonyl (C=O) groups is 3. The lowest BCUT2D eigenvalue weighted by Crippen LogP contribution is -2.41. The Morgan fingerprint density at radius 2 is 1.26 bits per heavy atom. The van der Waals surface area contributed by atoms with Crippen LogP contribution in [0.4, 0.5) is 0 Å². The fraction of sp³-hybridized carbons (Fsp3) is 0.857. The first-order valence-electron chi connectivity index (χ1n) is 10.5. The van der Waals surface area contributed by atoms with Crippen LogP contribution in [0.3, 0.4) is 0 Å². The molecule has 1 amide bonds. The minimum atomic E-state index is -0.797. The lowest BCUT2D eigenvalue weighted by Gasteiger charge is -2.16. The molecule has 0 spiro atoms. The normalized spacial score (nSPS) is 11.7. The van der Waals surface area contributed by atoms with Gasteiger partial charge in [-0.1, -0.05) is 71.1 Å². The Kier molecular flexibility index (Phi) is 16.8. The van der Waals surface area contributed by atoms with E-state index >= 15 is 0 Å². The Bertz CT molecular complexity index is 411. The third-order valence-electron chi connectivity index (χ3n) is 4.69. The van der Waals surface area contributed by atoms with E-state index in [1.807, 2.05) is 0 Å². The molecule has 0 fully saturated rings. The van der Waals surface area contributed by atoms with Gasteiger partial charge in [0.1, 0.15) is 6.04 Å². The van der Waals surface area contributed by atoms with Gasteiger partial charge < -0.3 is 14.8 Å². The van der Waals surface area contributed by atoms with Crippen LogP contribution >= 0.6 is 0 Å². The van der Waals surface area contributed by atoms with Gasteiger partial charge in [-0.05, 0) is 12.8 Å². The maximum atomic E-state index is 12.0. The zero-order valence-electron chi connectivity index (χ0n) is 17.5. The molecule has 0 rings (SSSR count). The molecule has 0 aromatic carbocycles. The first-order valence-corrected chi connectivity index (χ1v) is 10.5. The van der Waals surface area contributed by atoms with E-state index < -0.39 is 18.0 Å². The van der Waals surface area contributed by atoms with Gasteiger partial charge in [-0.15, -0.1) is 0 Å². The average Bonchev–Trinajstić information content (AvgIpc) is 2.68. The summed E-state index contributed by atoms with van der Waals surface area (Å²) in [6.07, 6.45) is 14.1. The SMILES string of the molecule is CCCCCCCCCCCCCC(=O)NC(CCC(=O)OC)C(=O)OC. The molecule has 0 aromatic heterocycles. The van der Waals surface area contributed by atoms with Gasteiger partial charge in [-0.2, -0.15) is 0 Å². The summed E-state index contributed by atoms with van der Waals surface area (Å²) in [5.74, 6) is -1.12. The van der Waals surface area contributed by atoms with Crippen molar-refractivity contribution < 1.29 is 23.9 Å². The zero-order chi connectivity index (χ0) is 20.3. The van der Waals surface area contributed by atoms with Crippen LogP contribution in [0.2, 0.25) is 0 Å². The van der Waals surface area contributed by atoms with Gasteiger partial charge in [0, 0.05) is 12.8 Å². The van der Waals surface area contributed by atoms with E-state index in [4.69, 9.17) is 0 Å². The summed E-state index contributed by atoms with van der Waals surface area (Å²) in [5.41, 5.74) is 0. The molecule has 0 heterocycles. The summed E-state index contributed by atoms with van der Waals surface area (Å²) >= 11 is 0. The first-order chi connectivity index (χ1) is 13.0. The molecule has 27 heavy (non-hydrogen) atoms. The van der Waals surface area contributed by atoms with Gasteiger partial charge in [0.05, 0.1) is 14.2 Å². The van der Waals surface area contributed by atoms with Crippen molar-refractivity contribution in [3.63, 3.8) is 0 Å². The third kappa shape index (κ3) is 15.2. The minimum Gasteiger partial charge on any atom is -0.469 e. The van der Waals surface area contributed by atoms with Crippen molar-refractivity contribution in [2.24, 2.45) is 0 Å². The average molecular weight is 386 g/mol. The van der Waals surface area contributed by atoms with Gasteiger partial charge in [-0.25, -0.2) is 4.79 Å². The molecule has 0 aromatic rings. The van der Waals surface area contributed by atoms with Crippen LogP contribution in [0.15, 0.2) is 0 Å². The Labute approximate surface area is 164 Å². The minimum absolute atomic E-state index is 0.0645. The van der Waals surface area contributed by atoms with E-state index in [1.54, 1.807) is 0 Å². The molecular weight excluding hydrogens is 346 g/mol. The lowest BCUT2D eigenvalue weighted by atomic mass is 10.0. The van der Waals surface area contributed by atoms with Crippen molar-refractivity contribution >= 4 is 17.8 Å². The highest BCUT2D eigenvalue weighted by molar-refractivity contribution is 5.84. The van der Waals surface area contributed by atoms with Gasteiger partial charge >= 0.3 is 11.9 Å². The molecular formula is C21H39NO5. The van der Waals surface area contributed by atoms with Crippen molar-refractivity contribution in [3.8, 4) is 0 Å². The first kappa shape index (κ1) is 25.4. The number of nitrogens with one attached hydrogen (secondary N) is 1. The molecule has 1 N–H and O–H groups in total. The van der Waals surface area contributed by atoms with Crippen molar-refractivity contribution in [1.29, 1.82) is 0 Å². The smallest absolute Gasteiger partial charge is 0.328 e. The summed E-state index contributed by atoms with van der Waals surface area (Å²) < 4.78 is 9.24. The second-order valence-corrected chi connectivity index (χ2v) is 7.04. The summed E-state index contributed by atoms with van der Waals surface area (Å²) in [6, 6.07) is -0.797. The summed E-state index contributed by atoms with van der Waals surface area (Å²) in [7, 11) is 2.56.